The minimum absolute atomic E-state index is 0.143. The van der Waals surface area contributed by atoms with E-state index in [9.17, 15) is 9.59 Å². The van der Waals surface area contributed by atoms with Gasteiger partial charge in [0.15, 0.2) is 11.5 Å². The van der Waals surface area contributed by atoms with Crippen LogP contribution in [0.5, 0.6) is 11.5 Å². The molecule has 4 rings (SSSR count). The van der Waals surface area contributed by atoms with Gasteiger partial charge in [-0.3, -0.25) is 9.59 Å². The molecule has 168 valence electrons. The molecule has 3 aromatic carbocycles. The van der Waals surface area contributed by atoms with E-state index >= 15 is 0 Å². The maximum atomic E-state index is 13.6. The molecule has 7 nitrogen and oxygen atoms in total. The van der Waals surface area contributed by atoms with E-state index in [4.69, 9.17) is 9.47 Å². The number of nitrogens with zero attached hydrogens (tertiary/aromatic N) is 2. The predicted octanol–water partition coefficient (Wildman–Crippen LogP) is 4.17. The van der Waals surface area contributed by atoms with Crippen molar-refractivity contribution in [2.45, 2.75) is 20.0 Å². The minimum atomic E-state index is -0.231. The highest BCUT2D eigenvalue weighted by molar-refractivity contribution is 5.95. The van der Waals surface area contributed by atoms with Gasteiger partial charge in [-0.05, 0) is 42.8 Å². The van der Waals surface area contributed by atoms with E-state index in [0.29, 0.717) is 46.9 Å². The van der Waals surface area contributed by atoms with E-state index in [0.717, 1.165) is 5.56 Å². The van der Waals surface area contributed by atoms with Crippen molar-refractivity contribution in [2.24, 2.45) is 0 Å². The van der Waals surface area contributed by atoms with Crippen molar-refractivity contribution in [3.63, 3.8) is 0 Å². The third-order valence-electron chi connectivity index (χ3n) is 5.22. The Morgan fingerprint density at radius 2 is 1.73 bits per heavy atom. The lowest BCUT2D eigenvalue weighted by Crippen LogP contribution is -2.31. The summed E-state index contributed by atoms with van der Waals surface area (Å²) in [5, 5.41) is 0.513. The molecule has 1 heterocycles. The third kappa shape index (κ3) is 5.03. The SMILES string of the molecule is CCOc1cc(C(=O)N(Cc2ccccc2)Cc2nc3ccccc3c(=O)[nH]2)ccc1OC. The summed E-state index contributed by atoms with van der Waals surface area (Å²) >= 11 is 0. The molecule has 0 radical (unpaired) electrons. The second kappa shape index (κ2) is 9.99. The molecular formula is C26H25N3O4. The highest BCUT2D eigenvalue weighted by Crippen LogP contribution is 2.29. The Bertz CT molecular complexity index is 1320. The molecule has 0 saturated heterocycles. The van der Waals surface area contributed by atoms with Crippen molar-refractivity contribution in [1.82, 2.24) is 14.9 Å². The quantitative estimate of drug-likeness (QED) is 0.442. The molecule has 0 atom stereocenters. The topological polar surface area (TPSA) is 84.5 Å². The lowest BCUT2D eigenvalue weighted by molar-refractivity contribution is 0.0725. The summed E-state index contributed by atoms with van der Waals surface area (Å²) in [6.45, 7) is 2.82. The van der Waals surface area contributed by atoms with Crippen LogP contribution in [0.2, 0.25) is 0 Å². The van der Waals surface area contributed by atoms with Crippen molar-refractivity contribution in [3.8, 4) is 11.5 Å². The predicted molar refractivity (Wildman–Crippen MR) is 127 cm³/mol. The molecule has 0 saturated carbocycles. The fourth-order valence-corrected chi connectivity index (χ4v) is 3.65. The second-order valence-electron chi connectivity index (χ2n) is 7.48. The van der Waals surface area contributed by atoms with Crippen LogP contribution in [-0.4, -0.2) is 34.5 Å². The van der Waals surface area contributed by atoms with Gasteiger partial charge in [0, 0.05) is 12.1 Å². The zero-order valence-electron chi connectivity index (χ0n) is 18.6. The van der Waals surface area contributed by atoms with Gasteiger partial charge in [-0.2, -0.15) is 0 Å². The number of nitrogens with one attached hydrogen (secondary N) is 1. The molecule has 7 heteroatoms. The van der Waals surface area contributed by atoms with E-state index in [1.165, 1.54) is 0 Å². The van der Waals surface area contributed by atoms with Crippen molar-refractivity contribution in [1.29, 1.82) is 0 Å². The molecule has 1 N–H and O–H groups in total. The van der Waals surface area contributed by atoms with Crippen molar-refractivity contribution < 1.29 is 14.3 Å². The number of H-pyrrole nitrogens is 1. The normalized spacial score (nSPS) is 10.7. The number of carbonyl (C=O) groups excluding carboxylic acids is 1. The van der Waals surface area contributed by atoms with E-state index in [2.05, 4.69) is 9.97 Å². The number of aromatic amines is 1. The summed E-state index contributed by atoms with van der Waals surface area (Å²) in [5.74, 6) is 1.27. The second-order valence-corrected chi connectivity index (χ2v) is 7.48. The molecular weight excluding hydrogens is 418 g/mol. The number of ether oxygens (including phenoxy) is 2. The van der Waals surface area contributed by atoms with E-state index < -0.39 is 0 Å². The molecule has 0 fully saturated rings. The number of para-hydroxylation sites is 1. The Hall–Kier alpha value is -4.13. The van der Waals surface area contributed by atoms with Crippen LogP contribution >= 0.6 is 0 Å². The standard InChI is InChI=1S/C26H25N3O4/c1-3-33-23-15-19(13-14-22(23)32-2)26(31)29(16-18-9-5-4-6-10-18)17-24-27-21-12-8-7-11-20(21)25(30)28-24/h4-15H,3,16-17H2,1-2H3,(H,27,28,30). The van der Waals surface area contributed by atoms with E-state index in [1.54, 1.807) is 48.4 Å². The van der Waals surface area contributed by atoms with Gasteiger partial charge in [-0.25, -0.2) is 4.98 Å². The minimum Gasteiger partial charge on any atom is -0.493 e. The summed E-state index contributed by atoms with van der Waals surface area (Å²) in [6, 6.07) is 21.9. The Morgan fingerprint density at radius 1 is 0.970 bits per heavy atom. The van der Waals surface area contributed by atoms with E-state index in [-0.39, 0.29) is 18.0 Å². The van der Waals surface area contributed by atoms with Crippen molar-refractivity contribution >= 4 is 16.8 Å². The van der Waals surface area contributed by atoms with Crippen LogP contribution in [0.3, 0.4) is 0 Å². The smallest absolute Gasteiger partial charge is 0.258 e. The maximum absolute atomic E-state index is 13.6. The van der Waals surface area contributed by atoms with Crippen LogP contribution in [0.25, 0.3) is 10.9 Å². The average Bonchev–Trinajstić information content (AvgIpc) is 2.84. The van der Waals surface area contributed by atoms with Gasteiger partial charge in [-0.15, -0.1) is 0 Å². The number of fused-ring (bicyclic) bond motifs is 1. The number of methoxy groups -OCH3 is 1. The molecule has 0 aliphatic rings. The van der Waals surface area contributed by atoms with Gasteiger partial charge in [0.25, 0.3) is 11.5 Å². The summed E-state index contributed by atoms with van der Waals surface area (Å²) in [5.41, 5.74) is 1.78. The molecule has 1 aromatic heterocycles. The Kier molecular flexibility index (Phi) is 6.69. The van der Waals surface area contributed by atoms with Gasteiger partial charge in [0.1, 0.15) is 5.82 Å². The molecule has 4 aromatic rings. The van der Waals surface area contributed by atoms with Gasteiger partial charge in [0.05, 0.1) is 31.2 Å². The van der Waals surface area contributed by atoms with Gasteiger partial charge >= 0.3 is 0 Å². The summed E-state index contributed by atoms with van der Waals surface area (Å²) in [4.78, 5) is 35.1. The number of benzene rings is 3. The lowest BCUT2D eigenvalue weighted by Gasteiger charge is -2.23. The molecule has 33 heavy (non-hydrogen) atoms. The highest BCUT2D eigenvalue weighted by atomic mass is 16.5. The molecule has 0 aliphatic carbocycles. The van der Waals surface area contributed by atoms with Crippen LogP contribution in [0.15, 0.2) is 77.6 Å². The van der Waals surface area contributed by atoms with Gasteiger partial charge in [-0.1, -0.05) is 42.5 Å². The first-order chi connectivity index (χ1) is 16.1. The number of aromatic nitrogens is 2. The zero-order chi connectivity index (χ0) is 23.2. The van der Waals surface area contributed by atoms with E-state index in [1.807, 2.05) is 43.3 Å². The summed E-state index contributed by atoms with van der Waals surface area (Å²) < 4.78 is 11.0. The number of amides is 1. The molecule has 0 bridgehead atoms. The monoisotopic (exact) mass is 443 g/mol. The number of hydrogen-bond donors (Lipinski definition) is 1. The zero-order valence-corrected chi connectivity index (χ0v) is 18.6. The Labute approximate surface area is 191 Å². The first kappa shape index (κ1) is 22.1. The average molecular weight is 444 g/mol. The number of hydrogen-bond acceptors (Lipinski definition) is 5. The van der Waals surface area contributed by atoms with Crippen LogP contribution in [0, 0.1) is 0 Å². The first-order valence-electron chi connectivity index (χ1n) is 10.7. The molecule has 1 amide bonds. The van der Waals surface area contributed by atoms with Crippen LogP contribution in [0.1, 0.15) is 28.7 Å². The van der Waals surface area contributed by atoms with Crippen molar-refractivity contribution in [3.05, 3.63) is 100 Å². The first-order valence-corrected chi connectivity index (χ1v) is 10.7. The number of carbonyl (C=O) groups is 1. The Morgan fingerprint density at radius 3 is 2.48 bits per heavy atom. The summed E-state index contributed by atoms with van der Waals surface area (Å²) in [7, 11) is 1.56. The van der Waals surface area contributed by atoms with Gasteiger partial charge in [0.2, 0.25) is 0 Å². The van der Waals surface area contributed by atoms with Gasteiger partial charge < -0.3 is 19.4 Å². The highest BCUT2D eigenvalue weighted by Gasteiger charge is 2.20. The van der Waals surface area contributed by atoms with Crippen LogP contribution in [-0.2, 0) is 13.1 Å². The molecule has 0 spiro atoms. The number of rotatable bonds is 8. The van der Waals surface area contributed by atoms with Crippen LogP contribution in [0.4, 0.5) is 0 Å². The fraction of sp³-hybridized carbons (Fsp3) is 0.192. The molecule has 0 aliphatic heterocycles. The third-order valence-corrected chi connectivity index (χ3v) is 5.22. The Balaban J connectivity index is 1.70. The maximum Gasteiger partial charge on any atom is 0.258 e. The van der Waals surface area contributed by atoms with Crippen molar-refractivity contribution in [2.75, 3.05) is 13.7 Å². The molecule has 0 unspecified atom stereocenters. The largest absolute Gasteiger partial charge is 0.493 e. The summed E-state index contributed by atoms with van der Waals surface area (Å²) in [6.07, 6.45) is 0. The van der Waals surface area contributed by atoms with Crippen LogP contribution < -0.4 is 15.0 Å². The fourth-order valence-electron chi connectivity index (χ4n) is 3.65. The lowest BCUT2D eigenvalue weighted by atomic mass is 10.1.